The van der Waals surface area contributed by atoms with E-state index in [1.165, 1.54) is 0 Å². The maximum atomic E-state index is 11.6. The number of fused-ring (bicyclic) bond motifs is 1. The summed E-state index contributed by atoms with van der Waals surface area (Å²) in [5.74, 6) is 6.57. The van der Waals surface area contributed by atoms with Crippen molar-refractivity contribution in [3.63, 3.8) is 0 Å². The van der Waals surface area contributed by atoms with Crippen LogP contribution in [0.1, 0.15) is 106 Å². The van der Waals surface area contributed by atoms with Crippen LogP contribution in [0.5, 0.6) is 11.5 Å². The number of benzene rings is 1. The van der Waals surface area contributed by atoms with E-state index in [4.69, 9.17) is 15.5 Å². The van der Waals surface area contributed by atoms with Gasteiger partial charge in [0.05, 0.1) is 18.8 Å². The number of phenolic OH excluding ortho intramolecular Hbond substituents is 1. The Bertz CT molecular complexity index is 1660. The fraction of sp³-hybridized carbons (Fsp3) is 0.548. The summed E-state index contributed by atoms with van der Waals surface area (Å²) < 4.78 is 6.51. The van der Waals surface area contributed by atoms with Crippen LogP contribution < -0.4 is 15.5 Å². The molecule has 3 aromatic rings. The largest absolute Gasteiger partial charge is 0.667 e. The van der Waals surface area contributed by atoms with Crippen LogP contribution in [0.25, 0.3) is 0 Å². The summed E-state index contributed by atoms with van der Waals surface area (Å²) in [4.78, 5) is 8.98. The molecule has 2 heterocycles. The number of nitrogens with two attached hydrogens (primary N) is 1. The van der Waals surface area contributed by atoms with E-state index in [-0.39, 0.29) is 34.7 Å². The zero-order valence-electron chi connectivity index (χ0n) is 29.6. The third-order valence-corrected chi connectivity index (χ3v) is 11.8. The van der Waals surface area contributed by atoms with Crippen molar-refractivity contribution in [2.24, 2.45) is 17.8 Å². The third-order valence-electron chi connectivity index (χ3n) is 11.8. The van der Waals surface area contributed by atoms with E-state index in [1.54, 1.807) is 18.3 Å². The Morgan fingerprint density at radius 1 is 1.02 bits per heavy atom. The number of aliphatic hydroxyl groups is 4. The lowest BCUT2D eigenvalue weighted by atomic mass is 9.66. The number of allylic oxidation sites excluding steroid dienone is 2. The molecule has 1 saturated carbocycles. The van der Waals surface area contributed by atoms with Gasteiger partial charge < -0.3 is 41.0 Å². The van der Waals surface area contributed by atoms with Crippen LogP contribution in [0, 0.1) is 29.6 Å². The number of aromatic hydroxyl groups is 1. The normalized spacial score (nSPS) is 28.0. The molecule has 0 saturated heterocycles. The van der Waals surface area contributed by atoms with Crippen LogP contribution in [0.15, 0.2) is 67.0 Å². The number of nitrogen functional groups attached to an aromatic ring is 1. The molecule has 0 spiro atoms. The van der Waals surface area contributed by atoms with Crippen molar-refractivity contribution in [3.8, 4) is 23.3 Å². The molecular weight excluding hydrogens is 642 g/mol. The minimum absolute atomic E-state index is 0.0916. The van der Waals surface area contributed by atoms with Crippen molar-refractivity contribution in [1.82, 2.24) is 9.97 Å². The number of hydrogen-bond donors (Lipinski definition) is 6. The first-order valence-corrected chi connectivity index (χ1v) is 18.9. The second-order valence-electron chi connectivity index (χ2n) is 15.0. The van der Waals surface area contributed by atoms with E-state index in [2.05, 4.69) is 35.9 Å². The highest BCUT2D eigenvalue weighted by molar-refractivity contribution is 5.45. The second-order valence-corrected chi connectivity index (χ2v) is 15.0. The maximum Gasteiger partial charge on any atom is 0.161 e. The van der Waals surface area contributed by atoms with Crippen molar-refractivity contribution < 1.29 is 30.3 Å². The summed E-state index contributed by atoms with van der Waals surface area (Å²) in [6, 6.07) is 13.0. The molecule has 6 rings (SSSR count). The fourth-order valence-corrected chi connectivity index (χ4v) is 8.93. The Labute approximate surface area is 302 Å². The maximum absolute atomic E-state index is 11.6. The molecule has 0 bridgehead atoms. The van der Waals surface area contributed by atoms with Crippen molar-refractivity contribution in [1.29, 1.82) is 0 Å². The van der Waals surface area contributed by atoms with Crippen LogP contribution in [-0.4, -0.2) is 61.5 Å². The molecular formula is C42H54N3O6-. The Kier molecular flexibility index (Phi) is 12.1. The number of nitrogens with zero attached hydrogens (tertiary/aromatic N) is 2. The molecule has 9 nitrogen and oxygen atoms in total. The molecule has 9 heteroatoms. The smallest absolute Gasteiger partial charge is 0.161 e. The van der Waals surface area contributed by atoms with E-state index in [1.807, 2.05) is 36.5 Å². The first-order chi connectivity index (χ1) is 24.7. The summed E-state index contributed by atoms with van der Waals surface area (Å²) in [6.45, 7) is 1.63. The predicted octanol–water partition coefficient (Wildman–Crippen LogP) is 5.71. The molecule has 0 aliphatic heterocycles. The average Bonchev–Trinajstić information content (AvgIpc) is 3.83. The first-order valence-electron chi connectivity index (χ1n) is 18.9. The van der Waals surface area contributed by atoms with Crippen molar-refractivity contribution >= 4 is 5.82 Å². The molecule has 1 fully saturated rings. The van der Waals surface area contributed by atoms with Crippen LogP contribution >= 0.6 is 0 Å². The number of aliphatic hydroxyl groups excluding tert-OH is 4. The van der Waals surface area contributed by atoms with Gasteiger partial charge in [-0.05, 0) is 91.7 Å². The van der Waals surface area contributed by atoms with Gasteiger partial charge in [0, 0.05) is 29.9 Å². The van der Waals surface area contributed by atoms with Gasteiger partial charge >= 0.3 is 0 Å². The van der Waals surface area contributed by atoms with Gasteiger partial charge in [0.15, 0.2) is 11.5 Å². The molecule has 51 heavy (non-hydrogen) atoms. The lowest BCUT2D eigenvalue weighted by molar-refractivity contribution is -0.0124. The molecule has 9 atom stereocenters. The summed E-state index contributed by atoms with van der Waals surface area (Å²) in [5, 5.41) is 55.3. The molecule has 0 amide bonds. The Morgan fingerprint density at radius 2 is 1.82 bits per heavy atom. The lowest BCUT2D eigenvalue weighted by Crippen LogP contribution is -2.41. The SMILES string of the molecule is CCC1C#CC2C=CC(c3ccc(O)c(OC(CC(c4ccnc(N)c4)C4(c5ccc[n-]5)CCCC4)C(O)CO)c3)CC(O)C2C(O)CCCC1. The highest BCUT2D eigenvalue weighted by atomic mass is 16.5. The number of ether oxygens (including phenoxy) is 1. The second kappa shape index (κ2) is 16.7. The number of pyridine rings is 1. The van der Waals surface area contributed by atoms with E-state index in [9.17, 15) is 25.5 Å². The Balaban J connectivity index is 1.31. The van der Waals surface area contributed by atoms with Crippen molar-refractivity contribution in [3.05, 3.63) is 83.8 Å². The Hall–Kier alpha value is -3.81. The monoisotopic (exact) mass is 696 g/mol. The zero-order chi connectivity index (χ0) is 36.0. The van der Waals surface area contributed by atoms with Gasteiger partial charge in [-0.25, -0.2) is 4.98 Å². The van der Waals surface area contributed by atoms with Gasteiger partial charge in [0.1, 0.15) is 18.0 Å². The zero-order valence-corrected chi connectivity index (χ0v) is 29.6. The van der Waals surface area contributed by atoms with E-state index < -0.39 is 36.9 Å². The summed E-state index contributed by atoms with van der Waals surface area (Å²) >= 11 is 0. The highest BCUT2D eigenvalue weighted by Gasteiger charge is 2.44. The number of aromatic nitrogens is 2. The van der Waals surface area contributed by atoms with Crippen LogP contribution in [0.2, 0.25) is 0 Å². The Morgan fingerprint density at radius 3 is 2.55 bits per heavy atom. The molecule has 3 aliphatic carbocycles. The lowest BCUT2D eigenvalue weighted by Gasteiger charge is -2.43. The van der Waals surface area contributed by atoms with Crippen LogP contribution in [0.3, 0.4) is 0 Å². The summed E-state index contributed by atoms with van der Waals surface area (Å²) in [6.07, 6.45) is 13.1. The number of anilines is 1. The van der Waals surface area contributed by atoms with Gasteiger partial charge in [-0.15, -0.1) is 0 Å². The topological polar surface area (TPSA) is 163 Å². The summed E-state index contributed by atoms with van der Waals surface area (Å²) in [5.41, 5.74) is 8.61. The third kappa shape index (κ3) is 8.31. The van der Waals surface area contributed by atoms with Crippen LogP contribution in [-0.2, 0) is 5.41 Å². The van der Waals surface area contributed by atoms with E-state index in [0.29, 0.717) is 31.0 Å². The van der Waals surface area contributed by atoms with Crippen LogP contribution in [0.4, 0.5) is 5.82 Å². The predicted molar refractivity (Wildman–Crippen MR) is 197 cm³/mol. The standard InChI is InChI=1S/C42H54N3O6/c1-2-27-8-3-4-9-34(48)41-28(12-11-27)13-14-29(22-35(41)49)30-15-16-33(47)37(23-30)51-38(36(50)26-46)25-32(31-17-21-45-40(43)24-31)42(18-5-6-19-42)39-10-7-20-44-39/h7,10,13-17,20-21,23-24,27-29,32,34-36,38,41,46-50H,2-6,8-9,18-19,22,25-26H2,1H3,(H2,43,45)/q-1. The first kappa shape index (κ1) is 37.0. The molecule has 1 aromatic carbocycles. The number of hydrogen-bond acceptors (Lipinski definition) is 8. The number of phenols is 1. The van der Waals surface area contributed by atoms with Crippen molar-refractivity contribution in [2.75, 3.05) is 12.3 Å². The minimum atomic E-state index is -1.24. The average molecular weight is 697 g/mol. The molecule has 9 unspecified atom stereocenters. The van der Waals surface area contributed by atoms with E-state index >= 15 is 0 Å². The number of rotatable bonds is 11. The van der Waals surface area contributed by atoms with Gasteiger partial charge in [-0.3, -0.25) is 0 Å². The minimum Gasteiger partial charge on any atom is -0.667 e. The van der Waals surface area contributed by atoms with E-state index in [0.717, 1.165) is 68.2 Å². The van der Waals surface area contributed by atoms with Gasteiger partial charge in [0.25, 0.3) is 0 Å². The summed E-state index contributed by atoms with van der Waals surface area (Å²) in [7, 11) is 0. The molecule has 0 radical (unpaired) electrons. The molecule has 7 N–H and O–H groups in total. The molecule has 3 aliphatic rings. The van der Waals surface area contributed by atoms with Gasteiger partial charge in [0.2, 0.25) is 0 Å². The van der Waals surface area contributed by atoms with Gasteiger partial charge in [-0.1, -0.05) is 74.8 Å². The molecule has 274 valence electrons. The molecule has 2 aromatic heterocycles. The quantitative estimate of drug-likeness (QED) is 0.109. The van der Waals surface area contributed by atoms with Gasteiger partial charge in [-0.2, -0.15) is 11.9 Å². The fourth-order valence-electron chi connectivity index (χ4n) is 8.93. The highest BCUT2D eigenvalue weighted by Crippen LogP contribution is 2.52. The van der Waals surface area contributed by atoms with Crippen molar-refractivity contribution in [2.45, 2.75) is 119 Å².